The van der Waals surface area contributed by atoms with Crippen LogP contribution in [0.25, 0.3) is 0 Å². The highest BCUT2D eigenvalue weighted by molar-refractivity contribution is 5.87. The van der Waals surface area contributed by atoms with Crippen molar-refractivity contribution in [2.75, 3.05) is 13.7 Å². The predicted octanol–water partition coefficient (Wildman–Crippen LogP) is 1.75. The second-order valence-electron chi connectivity index (χ2n) is 4.68. The fraction of sp³-hybridized carbons (Fsp3) is 0.333. The second kappa shape index (κ2) is 6.90. The van der Waals surface area contributed by atoms with E-state index in [4.69, 9.17) is 14.6 Å². The normalized spacial score (nSPS) is 12.1. The maximum atomic E-state index is 10.8. The zero-order valence-electron chi connectivity index (χ0n) is 12.0. The van der Waals surface area contributed by atoms with E-state index >= 15 is 0 Å². The highest BCUT2D eigenvalue weighted by Gasteiger charge is 2.12. The summed E-state index contributed by atoms with van der Waals surface area (Å²) < 4.78 is 12.7. The number of ether oxygens (including phenoxy) is 2. The molecule has 0 aliphatic rings. The zero-order valence-corrected chi connectivity index (χ0v) is 12.0. The largest absolute Gasteiger partial charge is 0.491 e. The first-order valence-electron chi connectivity index (χ1n) is 6.56. The lowest BCUT2D eigenvalue weighted by atomic mass is 10.2. The molecule has 0 fully saturated rings. The van der Waals surface area contributed by atoms with E-state index in [0.717, 1.165) is 5.69 Å². The van der Waals surface area contributed by atoms with Crippen molar-refractivity contribution in [1.29, 1.82) is 0 Å². The average Bonchev–Trinajstić information content (AvgIpc) is 2.89. The number of carboxylic acid groups (broad SMARTS) is 1. The predicted molar refractivity (Wildman–Crippen MR) is 76.6 cm³/mol. The van der Waals surface area contributed by atoms with Gasteiger partial charge in [-0.25, -0.2) is 4.79 Å². The monoisotopic (exact) mass is 290 g/mol. The first kappa shape index (κ1) is 15.1. The van der Waals surface area contributed by atoms with Crippen LogP contribution in [0.3, 0.4) is 0 Å². The Morgan fingerprint density at radius 1 is 1.33 bits per heavy atom. The third-order valence-corrected chi connectivity index (χ3v) is 3.08. The summed E-state index contributed by atoms with van der Waals surface area (Å²) in [6.07, 6.45) is 2.43. The van der Waals surface area contributed by atoms with Gasteiger partial charge < -0.3 is 14.6 Å². The van der Waals surface area contributed by atoms with Crippen LogP contribution in [0.5, 0.6) is 5.75 Å². The van der Waals surface area contributed by atoms with E-state index in [2.05, 4.69) is 5.10 Å². The number of benzene rings is 1. The molecule has 112 valence electrons. The van der Waals surface area contributed by atoms with Crippen LogP contribution in [-0.4, -0.2) is 40.7 Å². The average molecular weight is 290 g/mol. The fourth-order valence-electron chi connectivity index (χ4n) is 1.90. The Labute approximate surface area is 122 Å². The molecule has 2 rings (SSSR count). The molecule has 1 unspecified atom stereocenters. The van der Waals surface area contributed by atoms with Gasteiger partial charge in [-0.05, 0) is 30.3 Å². The van der Waals surface area contributed by atoms with E-state index < -0.39 is 5.97 Å². The Hall–Kier alpha value is -2.34. The van der Waals surface area contributed by atoms with Crippen molar-refractivity contribution < 1.29 is 19.4 Å². The molecule has 1 atom stereocenters. The summed E-state index contributed by atoms with van der Waals surface area (Å²) in [6, 6.07) is 8.23. The summed E-state index contributed by atoms with van der Waals surface area (Å²) >= 11 is 0. The van der Waals surface area contributed by atoms with E-state index in [-0.39, 0.29) is 11.7 Å². The van der Waals surface area contributed by atoms with Crippen LogP contribution in [0.4, 0.5) is 0 Å². The number of hydrogen-bond donors (Lipinski definition) is 1. The number of aryl methyl sites for hydroxylation is 1. The molecular weight excluding hydrogens is 272 g/mol. The molecule has 0 spiro atoms. The number of carbonyl (C=O) groups is 1. The number of aromatic carboxylic acids is 1. The van der Waals surface area contributed by atoms with Gasteiger partial charge in [0.25, 0.3) is 0 Å². The van der Waals surface area contributed by atoms with Gasteiger partial charge in [0.1, 0.15) is 12.4 Å². The van der Waals surface area contributed by atoms with Crippen molar-refractivity contribution in [3.05, 3.63) is 47.8 Å². The molecule has 1 heterocycles. The molecule has 0 saturated carbocycles. The third-order valence-electron chi connectivity index (χ3n) is 3.08. The summed E-state index contributed by atoms with van der Waals surface area (Å²) in [7, 11) is 3.50. The summed E-state index contributed by atoms with van der Waals surface area (Å²) in [5, 5.41) is 13.1. The van der Waals surface area contributed by atoms with Crippen LogP contribution < -0.4 is 4.74 Å². The SMILES string of the molecule is COC(COc1ccc(C(=O)O)cc1)Cc1ccn(C)n1. The highest BCUT2D eigenvalue weighted by Crippen LogP contribution is 2.13. The van der Waals surface area contributed by atoms with Gasteiger partial charge in [-0.15, -0.1) is 0 Å². The van der Waals surface area contributed by atoms with Gasteiger partial charge in [-0.2, -0.15) is 5.10 Å². The minimum atomic E-state index is -0.952. The van der Waals surface area contributed by atoms with Crippen molar-refractivity contribution in [3.8, 4) is 5.75 Å². The van der Waals surface area contributed by atoms with Crippen LogP contribution in [0.15, 0.2) is 36.5 Å². The van der Waals surface area contributed by atoms with E-state index in [9.17, 15) is 4.79 Å². The highest BCUT2D eigenvalue weighted by atomic mass is 16.5. The van der Waals surface area contributed by atoms with Crippen molar-refractivity contribution in [1.82, 2.24) is 9.78 Å². The number of hydrogen-bond acceptors (Lipinski definition) is 4. The van der Waals surface area contributed by atoms with Gasteiger partial charge in [0.15, 0.2) is 0 Å². The van der Waals surface area contributed by atoms with Crippen molar-refractivity contribution in [2.45, 2.75) is 12.5 Å². The van der Waals surface area contributed by atoms with E-state index in [1.807, 2.05) is 19.3 Å². The lowest BCUT2D eigenvalue weighted by molar-refractivity contribution is 0.0576. The molecular formula is C15H18N2O4. The number of aromatic nitrogens is 2. The van der Waals surface area contributed by atoms with Crippen LogP contribution in [0.2, 0.25) is 0 Å². The molecule has 1 N–H and O–H groups in total. The Kier molecular flexibility index (Phi) is 4.94. The van der Waals surface area contributed by atoms with Gasteiger partial charge >= 0.3 is 5.97 Å². The minimum Gasteiger partial charge on any atom is -0.491 e. The summed E-state index contributed by atoms with van der Waals surface area (Å²) in [5.41, 5.74) is 1.17. The van der Waals surface area contributed by atoms with E-state index in [1.165, 1.54) is 12.1 Å². The summed E-state index contributed by atoms with van der Waals surface area (Å²) in [4.78, 5) is 10.8. The van der Waals surface area contributed by atoms with E-state index in [1.54, 1.807) is 23.9 Å². The minimum absolute atomic E-state index is 0.112. The molecule has 1 aromatic heterocycles. The van der Waals surface area contributed by atoms with Gasteiger partial charge in [0.2, 0.25) is 0 Å². The number of nitrogens with zero attached hydrogens (tertiary/aromatic N) is 2. The fourth-order valence-corrected chi connectivity index (χ4v) is 1.90. The van der Waals surface area contributed by atoms with Gasteiger partial charge in [0, 0.05) is 26.8 Å². The lowest BCUT2D eigenvalue weighted by Gasteiger charge is -2.15. The lowest BCUT2D eigenvalue weighted by Crippen LogP contribution is -2.23. The molecule has 0 aliphatic heterocycles. The zero-order chi connectivity index (χ0) is 15.2. The quantitative estimate of drug-likeness (QED) is 0.841. The molecule has 0 aliphatic carbocycles. The Balaban J connectivity index is 1.89. The molecule has 0 saturated heterocycles. The Morgan fingerprint density at radius 2 is 2.05 bits per heavy atom. The van der Waals surface area contributed by atoms with Gasteiger partial charge in [-0.3, -0.25) is 4.68 Å². The van der Waals surface area contributed by atoms with Crippen molar-refractivity contribution in [2.24, 2.45) is 7.05 Å². The van der Waals surface area contributed by atoms with Crippen LogP contribution in [0, 0.1) is 0 Å². The van der Waals surface area contributed by atoms with Crippen LogP contribution in [-0.2, 0) is 18.2 Å². The van der Waals surface area contributed by atoms with Crippen molar-refractivity contribution in [3.63, 3.8) is 0 Å². The molecule has 6 heteroatoms. The second-order valence-corrected chi connectivity index (χ2v) is 4.68. The van der Waals surface area contributed by atoms with Crippen molar-refractivity contribution >= 4 is 5.97 Å². The molecule has 0 radical (unpaired) electrons. The third kappa shape index (κ3) is 4.32. The standard InChI is InChI=1S/C15H18N2O4/c1-17-8-7-12(16-17)9-14(20-2)10-21-13-5-3-11(4-6-13)15(18)19/h3-8,14H,9-10H2,1-2H3,(H,18,19). The first-order chi connectivity index (χ1) is 10.1. The maximum Gasteiger partial charge on any atom is 0.335 e. The molecule has 2 aromatic rings. The summed E-state index contributed by atoms with van der Waals surface area (Å²) in [6.45, 7) is 0.374. The topological polar surface area (TPSA) is 73.6 Å². The summed E-state index contributed by atoms with van der Waals surface area (Å²) in [5.74, 6) is -0.338. The van der Waals surface area contributed by atoms with Crippen LogP contribution in [0.1, 0.15) is 16.1 Å². The molecule has 6 nitrogen and oxygen atoms in total. The number of methoxy groups -OCH3 is 1. The van der Waals surface area contributed by atoms with Gasteiger partial charge in [0.05, 0.1) is 17.4 Å². The molecule has 0 bridgehead atoms. The molecule has 1 aromatic carbocycles. The van der Waals surface area contributed by atoms with Gasteiger partial charge in [-0.1, -0.05) is 0 Å². The maximum absolute atomic E-state index is 10.8. The smallest absolute Gasteiger partial charge is 0.335 e. The molecule has 21 heavy (non-hydrogen) atoms. The Bertz CT molecular complexity index is 592. The first-order valence-corrected chi connectivity index (χ1v) is 6.56. The Morgan fingerprint density at radius 3 is 2.57 bits per heavy atom. The van der Waals surface area contributed by atoms with Crippen LogP contribution >= 0.6 is 0 Å². The number of rotatable bonds is 7. The number of carboxylic acids is 1. The van der Waals surface area contributed by atoms with E-state index in [0.29, 0.717) is 18.8 Å². The molecule has 0 amide bonds.